The Kier molecular flexibility index (Phi) is 0.822. The normalized spacial score (nSPS) is 10.8. The lowest BCUT2D eigenvalue weighted by Gasteiger charge is -1.66. The molecule has 0 aromatic heterocycles. The molecule has 0 aliphatic heterocycles. The van der Waals surface area contributed by atoms with Gasteiger partial charge in [-0.25, -0.2) is 0 Å². The zero-order valence-corrected chi connectivity index (χ0v) is 5.16. The highest BCUT2D eigenvalue weighted by molar-refractivity contribution is 5.71. The Hall–Kier alpha value is -1.44. The van der Waals surface area contributed by atoms with Crippen molar-refractivity contribution in [2.75, 3.05) is 0 Å². The highest BCUT2D eigenvalue weighted by atomic mass is 16.3. The van der Waals surface area contributed by atoms with Gasteiger partial charge in [-0.3, -0.25) is 4.79 Å². The third kappa shape index (κ3) is 0.589. The van der Waals surface area contributed by atoms with Gasteiger partial charge in [0.2, 0.25) is 0 Å². The second-order valence-corrected chi connectivity index (χ2v) is 2.32. The minimum atomic E-state index is 0.00463. The Labute approximate surface area is 57.4 Å². The Balaban J connectivity index is 2.83. The summed E-state index contributed by atoms with van der Waals surface area (Å²) in [4.78, 5) is 10.7. The van der Waals surface area contributed by atoms with Crippen LogP contribution >= 0.6 is 0 Å². The van der Waals surface area contributed by atoms with Crippen LogP contribution in [0.5, 0.6) is 5.75 Å². The summed E-state index contributed by atoms with van der Waals surface area (Å²) >= 11 is 0. The second kappa shape index (κ2) is 1.53. The van der Waals surface area contributed by atoms with E-state index < -0.39 is 0 Å². The van der Waals surface area contributed by atoms with E-state index in [0.29, 0.717) is 0 Å². The van der Waals surface area contributed by atoms with Crippen molar-refractivity contribution in [1.29, 1.82) is 0 Å². The van der Waals surface area contributed by atoms with E-state index in [9.17, 15) is 4.79 Å². The minimum absolute atomic E-state index is 0.00463. The summed E-state index contributed by atoms with van der Waals surface area (Å²) in [5.74, 6) is 0.227. The SMILES string of the molecule is O=c1cc2cc(O)cc-2[cH+]1. The molecule has 0 fully saturated rings. The van der Waals surface area contributed by atoms with Crippen LogP contribution < -0.4 is 5.43 Å². The number of aromatic hydroxyl groups is 1. The van der Waals surface area contributed by atoms with Crippen molar-refractivity contribution in [2.24, 2.45) is 0 Å². The Morgan fingerprint density at radius 3 is 2.80 bits per heavy atom. The summed E-state index contributed by atoms with van der Waals surface area (Å²) in [6.45, 7) is 0. The second-order valence-electron chi connectivity index (χ2n) is 2.32. The minimum Gasteiger partial charge on any atom is -0.499 e. The number of hydrogen-bond donors (Lipinski definition) is 1. The van der Waals surface area contributed by atoms with Gasteiger partial charge in [0.15, 0.2) is 5.75 Å². The van der Waals surface area contributed by atoms with E-state index >= 15 is 0 Å². The van der Waals surface area contributed by atoms with Crippen LogP contribution in [-0.2, 0) is 0 Å². The van der Waals surface area contributed by atoms with E-state index in [1.54, 1.807) is 12.1 Å². The predicted molar refractivity (Wildman–Crippen MR) is 37.8 cm³/mol. The van der Waals surface area contributed by atoms with Crippen molar-refractivity contribution < 1.29 is 5.11 Å². The first-order valence-corrected chi connectivity index (χ1v) is 2.99. The smallest absolute Gasteiger partial charge is 0.269 e. The molecule has 0 aromatic carbocycles. The molecular formula is C8H5O2+. The van der Waals surface area contributed by atoms with E-state index in [-0.39, 0.29) is 11.2 Å². The molecule has 0 heterocycles. The lowest BCUT2D eigenvalue weighted by atomic mass is 10.3. The van der Waals surface area contributed by atoms with Crippen LogP contribution in [0, 0.1) is 0 Å². The van der Waals surface area contributed by atoms with E-state index in [1.165, 1.54) is 12.1 Å². The van der Waals surface area contributed by atoms with Crippen LogP contribution in [0.15, 0.2) is 29.1 Å². The summed E-state index contributed by atoms with van der Waals surface area (Å²) < 4.78 is 0. The topological polar surface area (TPSA) is 37.3 Å². The van der Waals surface area contributed by atoms with Gasteiger partial charge < -0.3 is 5.11 Å². The van der Waals surface area contributed by atoms with Gasteiger partial charge in [-0.2, -0.15) is 0 Å². The number of fused-ring (bicyclic) bond motifs is 1. The summed E-state index contributed by atoms with van der Waals surface area (Å²) in [5, 5.41) is 8.93. The monoisotopic (exact) mass is 133 g/mol. The van der Waals surface area contributed by atoms with Gasteiger partial charge in [-0.15, -0.1) is 0 Å². The maximum absolute atomic E-state index is 10.7. The lowest BCUT2D eigenvalue weighted by Crippen LogP contribution is -1.84. The fourth-order valence-electron chi connectivity index (χ4n) is 1.13. The molecule has 0 bridgehead atoms. The number of rotatable bonds is 0. The fourth-order valence-corrected chi connectivity index (χ4v) is 1.13. The third-order valence-corrected chi connectivity index (χ3v) is 1.54. The van der Waals surface area contributed by atoms with E-state index in [1.807, 2.05) is 0 Å². The van der Waals surface area contributed by atoms with Crippen LogP contribution in [0.3, 0.4) is 0 Å². The van der Waals surface area contributed by atoms with Gasteiger partial charge in [0, 0.05) is 0 Å². The van der Waals surface area contributed by atoms with Gasteiger partial charge in [-0.1, -0.05) is 0 Å². The van der Waals surface area contributed by atoms with E-state index in [0.717, 1.165) is 11.1 Å². The largest absolute Gasteiger partial charge is 0.499 e. The van der Waals surface area contributed by atoms with Crippen LogP contribution in [0.1, 0.15) is 0 Å². The molecule has 0 spiro atoms. The fraction of sp³-hybridized carbons (Fsp3) is 0. The molecule has 0 unspecified atom stereocenters. The lowest BCUT2D eigenvalue weighted by molar-refractivity contribution is 0.477. The van der Waals surface area contributed by atoms with Crippen LogP contribution in [0.4, 0.5) is 0 Å². The van der Waals surface area contributed by atoms with Gasteiger partial charge in [0.25, 0.3) is 5.43 Å². The molecule has 2 rings (SSSR count). The highest BCUT2D eigenvalue weighted by Crippen LogP contribution is 2.28. The number of hydrogen-bond acceptors (Lipinski definition) is 2. The van der Waals surface area contributed by atoms with Crippen LogP contribution in [-0.4, -0.2) is 5.11 Å². The average Bonchev–Trinajstić information content (AvgIpc) is 2.21. The first kappa shape index (κ1) is 5.35. The van der Waals surface area contributed by atoms with Gasteiger partial charge in [0.05, 0.1) is 18.2 Å². The maximum atomic E-state index is 10.7. The van der Waals surface area contributed by atoms with Gasteiger partial charge in [-0.05, 0) is 0 Å². The van der Waals surface area contributed by atoms with Gasteiger partial charge >= 0.3 is 0 Å². The summed E-state index contributed by atoms with van der Waals surface area (Å²) in [6.07, 6.45) is 0. The molecule has 0 saturated heterocycles. The Bertz CT molecular complexity index is 330. The molecule has 1 N–H and O–H groups in total. The Morgan fingerprint density at radius 1 is 1.30 bits per heavy atom. The molecule has 0 aromatic rings. The highest BCUT2D eigenvalue weighted by Gasteiger charge is 2.17. The van der Waals surface area contributed by atoms with Crippen molar-refractivity contribution in [3.8, 4) is 16.9 Å². The van der Waals surface area contributed by atoms with Crippen LogP contribution in [0.2, 0.25) is 0 Å². The molecule has 48 valence electrons. The molecule has 2 heteroatoms. The summed E-state index contributed by atoms with van der Waals surface area (Å²) in [5.41, 5.74) is 1.65. The van der Waals surface area contributed by atoms with E-state index in [2.05, 4.69) is 0 Å². The quantitative estimate of drug-likeness (QED) is 0.544. The van der Waals surface area contributed by atoms with Crippen molar-refractivity contribution in [2.45, 2.75) is 0 Å². The summed E-state index contributed by atoms with van der Waals surface area (Å²) in [6, 6.07) is 6.18. The standard InChI is InChI=1S/C8H4O2/c9-7-1-5-2-8(10)4-6(5)3-7/h1-4H/p+1. The van der Waals surface area contributed by atoms with Crippen molar-refractivity contribution in [1.82, 2.24) is 0 Å². The van der Waals surface area contributed by atoms with Crippen molar-refractivity contribution in [3.05, 3.63) is 34.5 Å². The average molecular weight is 133 g/mol. The molecule has 2 aliphatic carbocycles. The molecule has 0 atom stereocenters. The zero-order chi connectivity index (χ0) is 7.14. The Morgan fingerprint density at radius 2 is 2.10 bits per heavy atom. The van der Waals surface area contributed by atoms with Gasteiger partial charge in [0.1, 0.15) is 17.2 Å². The molecule has 0 radical (unpaired) electrons. The van der Waals surface area contributed by atoms with Crippen LogP contribution in [0.25, 0.3) is 11.1 Å². The molecule has 10 heavy (non-hydrogen) atoms. The maximum Gasteiger partial charge on any atom is 0.269 e. The van der Waals surface area contributed by atoms with Crippen molar-refractivity contribution in [3.63, 3.8) is 0 Å². The zero-order valence-electron chi connectivity index (χ0n) is 5.16. The van der Waals surface area contributed by atoms with E-state index in [4.69, 9.17) is 5.11 Å². The molecule has 0 amide bonds. The molecule has 0 saturated carbocycles. The summed E-state index contributed by atoms with van der Waals surface area (Å²) in [7, 11) is 0. The first-order valence-electron chi connectivity index (χ1n) is 2.99. The molecule has 2 nitrogen and oxygen atoms in total. The first-order chi connectivity index (χ1) is 4.75. The third-order valence-electron chi connectivity index (χ3n) is 1.54. The molecule has 2 aliphatic rings. The predicted octanol–water partition coefficient (Wildman–Crippen LogP) is 1.01. The molecular weight excluding hydrogens is 128 g/mol. The van der Waals surface area contributed by atoms with Crippen molar-refractivity contribution >= 4 is 0 Å².